The first-order valence-electron chi connectivity index (χ1n) is 2.99. The van der Waals surface area contributed by atoms with Gasteiger partial charge in [-0.15, -0.1) is 0 Å². The summed E-state index contributed by atoms with van der Waals surface area (Å²) in [5.74, 6) is 4.51. The Morgan fingerprint density at radius 3 is 2.82 bits per heavy atom. The van der Waals surface area contributed by atoms with Gasteiger partial charge in [0.25, 0.3) is 0 Å². The van der Waals surface area contributed by atoms with E-state index in [4.69, 9.17) is 5.90 Å². The van der Waals surface area contributed by atoms with E-state index in [1.165, 1.54) is 6.07 Å². The van der Waals surface area contributed by atoms with E-state index < -0.39 is 0 Å². The lowest BCUT2D eigenvalue weighted by molar-refractivity contribution is 0.124. The first kappa shape index (κ1) is 8.64. The summed E-state index contributed by atoms with van der Waals surface area (Å²) in [6.07, 6.45) is 0. The number of hydrogen-bond acceptors (Lipinski definition) is 2. The number of nitrogens with two attached hydrogens (primary N) is 1. The highest BCUT2D eigenvalue weighted by molar-refractivity contribution is 9.10. The van der Waals surface area contributed by atoms with Gasteiger partial charge in [0.1, 0.15) is 5.82 Å². The Balaban J connectivity index is 2.86. The van der Waals surface area contributed by atoms with Gasteiger partial charge in [0, 0.05) is 0 Å². The van der Waals surface area contributed by atoms with Gasteiger partial charge in [-0.2, -0.15) is 0 Å². The zero-order chi connectivity index (χ0) is 8.27. The van der Waals surface area contributed by atoms with Crippen LogP contribution in [0.2, 0.25) is 0 Å². The molecule has 0 bridgehead atoms. The van der Waals surface area contributed by atoms with Gasteiger partial charge in [-0.05, 0) is 33.6 Å². The highest BCUT2D eigenvalue weighted by Crippen LogP contribution is 2.16. The van der Waals surface area contributed by atoms with Gasteiger partial charge in [-0.3, -0.25) is 4.84 Å². The minimum absolute atomic E-state index is 0.226. The predicted octanol–water partition coefficient (Wildman–Crippen LogP) is 1.98. The van der Waals surface area contributed by atoms with Crippen LogP contribution in [0, 0.1) is 5.82 Å². The Bertz CT molecular complexity index is 254. The Morgan fingerprint density at radius 2 is 2.27 bits per heavy atom. The molecule has 4 heteroatoms. The highest BCUT2D eigenvalue weighted by atomic mass is 79.9. The smallest absolute Gasteiger partial charge is 0.137 e. The Labute approximate surface area is 72.2 Å². The molecule has 0 aliphatic carbocycles. The lowest BCUT2D eigenvalue weighted by Gasteiger charge is -1.99. The first-order valence-corrected chi connectivity index (χ1v) is 3.79. The number of halogens is 2. The molecule has 0 spiro atoms. The third kappa shape index (κ3) is 2.25. The molecule has 2 nitrogen and oxygen atoms in total. The van der Waals surface area contributed by atoms with Crippen LogP contribution >= 0.6 is 15.9 Å². The number of hydrogen-bond donors (Lipinski definition) is 1. The minimum atomic E-state index is -0.306. The molecule has 1 aromatic carbocycles. The predicted molar refractivity (Wildman–Crippen MR) is 43.1 cm³/mol. The molecule has 11 heavy (non-hydrogen) atoms. The number of rotatable bonds is 2. The summed E-state index contributed by atoms with van der Waals surface area (Å²) in [5.41, 5.74) is 0.716. The third-order valence-electron chi connectivity index (χ3n) is 1.23. The standard InChI is InChI=1S/C7H7BrFNO/c8-6-2-1-5(4-11-10)3-7(6)9/h1-3H,4,10H2. The minimum Gasteiger partial charge on any atom is -0.300 e. The summed E-state index contributed by atoms with van der Waals surface area (Å²) in [6, 6.07) is 4.72. The van der Waals surface area contributed by atoms with Crippen LogP contribution in [-0.2, 0) is 11.4 Å². The van der Waals surface area contributed by atoms with Crippen molar-refractivity contribution in [1.29, 1.82) is 0 Å². The van der Waals surface area contributed by atoms with Gasteiger partial charge in [-0.25, -0.2) is 10.3 Å². The zero-order valence-electron chi connectivity index (χ0n) is 5.68. The molecule has 0 aliphatic rings. The Hall–Kier alpha value is -0.450. The fraction of sp³-hybridized carbons (Fsp3) is 0.143. The maximum absolute atomic E-state index is 12.8. The highest BCUT2D eigenvalue weighted by Gasteiger charge is 1.99. The molecule has 0 unspecified atom stereocenters. The molecule has 60 valence electrons. The second kappa shape index (κ2) is 3.80. The lowest BCUT2D eigenvalue weighted by Crippen LogP contribution is -1.98. The van der Waals surface area contributed by atoms with E-state index in [0.29, 0.717) is 10.0 Å². The van der Waals surface area contributed by atoms with Crippen LogP contribution in [0.3, 0.4) is 0 Å². The molecule has 0 radical (unpaired) electrons. The molecule has 1 rings (SSSR count). The monoisotopic (exact) mass is 219 g/mol. The molecule has 0 aromatic heterocycles. The Kier molecular flexibility index (Phi) is 2.99. The van der Waals surface area contributed by atoms with Crippen molar-refractivity contribution >= 4 is 15.9 Å². The van der Waals surface area contributed by atoms with Crippen LogP contribution in [0.1, 0.15) is 5.56 Å². The van der Waals surface area contributed by atoms with Gasteiger partial charge in [0.05, 0.1) is 11.1 Å². The van der Waals surface area contributed by atoms with Crippen LogP contribution in [0.4, 0.5) is 4.39 Å². The molecule has 1 aromatic rings. The second-order valence-corrected chi connectivity index (χ2v) is 2.91. The normalized spacial score (nSPS) is 10.1. The summed E-state index contributed by atoms with van der Waals surface area (Å²) in [7, 11) is 0. The van der Waals surface area contributed by atoms with Crippen molar-refractivity contribution in [3.05, 3.63) is 34.1 Å². The molecule has 0 saturated carbocycles. The fourth-order valence-corrected chi connectivity index (χ4v) is 0.972. The topological polar surface area (TPSA) is 35.2 Å². The van der Waals surface area contributed by atoms with Crippen molar-refractivity contribution in [3.8, 4) is 0 Å². The SMILES string of the molecule is NOCc1ccc(Br)c(F)c1. The third-order valence-corrected chi connectivity index (χ3v) is 1.88. The molecular weight excluding hydrogens is 213 g/mol. The quantitative estimate of drug-likeness (QED) is 0.773. The average molecular weight is 220 g/mol. The molecule has 0 heterocycles. The van der Waals surface area contributed by atoms with Crippen molar-refractivity contribution in [1.82, 2.24) is 0 Å². The maximum atomic E-state index is 12.8. The van der Waals surface area contributed by atoms with E-state index in [9.17, 15) is 4.39 Å². The van der Waals surface area contributed by atoms with E-state index in [0.717, 1.165) is 0 Å². The zero-order valence-corrected chi connectivity index (χ0v) is 7.27. The van der Waals surface area contributed by atoms with Crippen LogP contribution in [-0.4, -0.2) is 0 Å². The van der Waals surface area contributed by atoms with Gasteiger partial charge < -0.3 is 0 Å². The van der Waals surface area contributed by atoms with Crippen LogP contribution in [0.25, 0.3) is 0 Å². The molecule has 2 N–H and O–H groups in total. The maximum Gasteiger partial charge on any atom is 0.137 e. The molecule has 0 fully saturated rings. The molecule has 0 aliphatic heterocycles. The summed E-state index contributed by atoms with van der Waals surface area (Å²) < 4.78 is 13.2. The Morgan fingerprint density at radius 1 is 1.55 bits per heavy atom. The summed E-state index contributed by atoms with van der Waals surface area (Å²) in [6.45, 7) is 0.226. The summed E-state index contributed by atoms with van der Waals surface area (Å²) >= 11 is 3.03. The molecule has 0 saturated heterocycles. The first-order chi connectivity index (χ1) is 5.24. The van der Waals surface area contributed by atoms with E-state index >= 15 is 0 Å². The lowest BCUT2D eigenvalue weighted by atomic mass is 10.2. The molecule has 0 atom stereocenters. The van der Waals surface area contributed by atoms with Crippen molar-refractivity contribution in [2.45, 2.75) is 6.61 Å². The van der Waals surface area contributed by atoms with Gasteiger partial charge in [-0.1, -0.05) is 6.07 Å². The van der Waals surface area contributed by atoms with Crippen LogP contribution in [0.15, 0.2) is 22.7 Å². The van der Waals surface area contributed by atoms with Crippen LogP contribution < -0.4 is 5.90 Å². The molecule has 0 amide bonds. The van der Waals surface area contributed by atoms with Gasteiger partial charge in [0.2, 0.25) is 0 Å². The van der Waals surface area contributed by atoms with E-state index in [2.05, 4.69) is 20.8 Å². The van der Waals surface area contributed by atoms with Crippen LogP contribution in [0.5, 0.6) is 0 Å². The van der Waals surface area contributed by atoms with Crippen molar-refractivity contribution < 1.29 is 9.23 Å². The van der Waals surface area contributed by atoms with Crippen molar-refractivity contribution in [2.75, 3.05) is 0 Å². The largest absolute Gasteiger partial charge is 0.300 e. The van der Waals surface area contributed by atoms with E-state index in [1.54, 1.807) is 12.1 Å². The molecular formula is C7H7BrFNO. The average Bonchev–Trinajstić information content (AvgIpc) is 1.98. The number of benzene rings is 1. The van der Waals surface area contributed by atoms with Crippen molar-refractivity contribution in [3.63, 3.8) is 0 Å². The second-order valence-electron chi connectivity index (χ2n) is 2.06. The van der Waals surface area contributed by atoms with Gasteiger partial charge in [0.15, 0.2) is 0 Å². The van der Waals surface area contributed by atoms with E-state index in [1.807, 2.05) is 0 Å². The van der Waals surface area contributed by atoms with Crippen molar-refractivity contribution in [2.24, 2.45) is 5.90 Å². The summed E-state index contributed by atoms with van der Waals surface area (Å²) in [4.78, 5) is 4.34. The van der Waals surface area contributed by atoms with Gasteiger partial charge >= 0.3 is 0 Å². The van der Waals surface area contributed by atoms with E-state index in [-0.39, 0.29) is 12.4 Å². The summed E-state index contributed by atoms with van der Waals surface area (Å²) in [5, 5.41) is 0. The fourth-order valence-electron chi connectivity index (χ4n) is 0.726.